The molecule has 0 rings (SSSR count). The highest BCUT2D eigenvalue weighted by Gasteiger charge is 1.78. The number of primary amides is 1. The first-order valence-electron chi connectivity index (χ1n) is 1.74. The average Bonchev–Trinajstić information content (AvgIpc) is 1.61. The molecule has 0 fully saturated rings. The Morgan fingerprint density at radius 3 is 2.71 bits per heavy atom. The topological polar surface area (TPSA) is 67.5 Å². The van der Waals surface area contributed by atoms with Gasteiger partial charge in [0.05, 0.1) is 6.34 Å². The van der Waals surface area contributed by atoms with Crippen LogP contribution in [-0.2, 0) is 0 Å². The van der Waals surface area contributed by atoms with Crippen LogP contribution >= 0.6 is 0 Å². The Balaban J connectivity index is 3.14. The van der Waals surface area contributed by atoms with Gasteiger partial charge in [0.15, 0.2) is 0 Å². The second kappa shape index (κ2) is 3.14. The van der Waals surface area contributed by atoms with Crippen LogP contribution in [-0.4, -0.2) is 19.4 Å². The summed E-state index contributed by atoms with van der Waals surface area (Å²) >= 11 is 0. The smallest absolute Gasteiger partial charge is 0.317 e. The Kier molecular flexibility index (Phi) is 2.67. The van der Waals surface area contributed by atoms with Gasteiger partial charge in [0.1, 0.15) is 0 Å². The van der Waals surface area contributed by atoms with Crippen molar-refractivity contribution in [3.63, 3.8) is 0 Å². The molecule has 0 saturated heterocycles. The van der Waals surface area contributed by atoms with Gasteiger partial charge in [-0.3, -0.25) is 10.3 Å². The van der Waals surface area contributed by atoms with E-state index in [0.29, 0.717) is 0 Å². The maximum atomic E-state index is 9.78. The molecule has 0 spiro atoms. The monoisotopic (exact) mass is 101 g/mol. The van der Waals surface area contributed by atoms with Crippen LogP contribution in [0.2, 0.25) is 0 Å². The number of rotatable bonds is 1. The van der Waals surface area contributed by atoms with E-state index in [0.717, 1.165) is 0 Å². The van der Waals surface area contributed by atoms with Gasteiger partial charge in [0.25, 0.3) is 0 Å². The zero-order valence-corrected chi connectivity index (χ0v) is 4.01. The van der Waals surface area contributed by atoms with Gasteiger partial charge in [-0.25, -0.2) is 4.79 Å². The largest absolute Gasteiger partial charge is 0.351 e. The summed E-state index contributed by atoms with van der Waals surface area (Å²) in [6, 6.07) is -0.592. The Labute approximate surface area is 41.4 Å². The van der Waals surface area contributed by atoms with Crippen molar-refractivity contribution in [3.05, 3.63) is 0 Å². The lowest BCUT2D eigenvalue weighted by Crippen LogP contribution is -2.27. The molecule has 0 aliphatic carbocycles. The molecule has 0 aromatic carbocycles. The molecule has 2 amide bonds. The predicted molar refractivity (Wildman–Crippen MR) is 27.1 cm³/mol. The quantitative estimate of drug-likeness (QED) is 0.333. The Morgan fingerprint density at radius 1 is 2.00 bits per heavy atom. The Bertz CT molecular complexity index is 88.2. The number of hydrogen-bond acceptors (Lipinski definition) is 2. The summed E-state index contributed by atoms with van der Waals surface area (Å²) in [6.45, 7) is 0. The first-order chi connectivity index (χ1) is 3.27. The number of nitrogens with one attached hydrogen (secondary N) is 1. The fourth-order valence-corrected chi connectivity index (χ4v) is 0.128. The fourth-order valence-electron chi connectivity index (χ4n) is 0.128. The van der Waals surface area contributed by atoms with Gasteiger partial charge >= 0.3 is 6.03 Å². The predicted octanol–water partition coefficient (Wildman–Crippen LogP) is -0.687. The van der Waals surface area contributed by atoms with Crippen molar-refractivity contribution in [3.8, 4) is 0 Å². The van der Waals surface area contributed by atoms with Gasteiger partial charge in [0, 0.05) is 7.05 Å². The van der Waals surface area contributed by atoms with E-state index in [2.05, 4.69) is 16.0 Å². The van der Waals surface area contributed by atoms with Crippen LogP contribution in [0.3, 0.4) is 0 Å². The average molecular weight is 101 g/mol. The molecule has 0 atom stereocenters. The lowest BCUT2D eigenvalue weighted by molar-refractivity contribution is 0.253. The number of carbonyl (C=O) groups is 1. The second-order valence-electron chi connectivity index (χ2n) is 0.896. The van der Waals surface area contributed by atoms with Gasteiger partial charge < -0.3 is 5.73 Å². The van der Waals surface area contributed by atoms with Crippen LogP contribution in [0.15, 0.2) is 4.99 Å². The highest BCUT2D eigenvalue weighted by molar-refractivity contribution is 5.84. The van der Waals surface area contributed by atoms with Crippen molar-refractivity contribution < 1.29 is 4.79 Å². The molecule has 0 bridgehead atoms. The molecule has 0 aromatic rings. The molecule has 0 saturated carbocycles. The zero-order valence-electron chi connectivity index (χ0n) is 4.01. The number of aliphatic imine (C=N–C) groups is 1. The van der Waals surface area contributed by atoms with Gasteiger partial charge in [-0.05, 0) is 0 Å². The number of amides is 2. The molecule has 7 heavy (non-hydrogen) atoms. The number of urea groups is 1. The van der Waals surface area contributed by atoms with Crippen molar-refractivity contribution in [2.45, 2.75) is 0 Å². The van der Waals surface area contributed by atoms with Crippen molar-refractivity contribution in [2.24, 2.45) is 10.7 Å². The minimum atomic E-state index is -0.592. The van der Waals surface area contributed by atoms with Crippen molar-refractivity contribution >= 4 is 12.4 Å². The number of nitrogens with zero attached hydrogens (tertiary/aromatic N) is 1. The van der Waals surface area contributed by atoms with Crippen LogP contribution in [0.4, 0.5) is 4.79 Å². The van der Waals surface area contributed by atoms with Crippen LogP contribution in [0.5, 0.6) is 0 Å². The number of hydrogen-bond donors (Lipinski definition) is 2. The van der Waals surface area contributed by atoms with Gasteiger partial charge in [0.2, 0.25) is 0 Å². The minimum Gasteiger partial charge on any atom is -0.351 e. The molecule has 0 aliphatic heterocycles. The van der Waals surface area contributed by atoms with Crippen molar-refractivity contribution in [2.75, 3.05) is 7.05 Å². The van der Waals surface area contributed by atoms with Crippen LogP contribution < -0.4 is 11.1 Å². The molecule has 0 radical (unpaired) electrons. The molecule has 40 valence electrons. The highest BCUT2D eigenvalue weighted by Crippen LogP contribution is 1.47. The summed E-state index contributed by atoms with van der Waals surface area (Å²) in [5.41, 5.74) is 4.64. The first kappa shape index (κ1) is 5.94. The molecular formula is C3H7N3O. The van der Waals surface area contributed by atoms with Gasteiger partial charge in [-0.1, -0.05) is 0 Å². The zero-order chi connectivity index (χ0) is 5.70. The number of nitrogens with two attached hydrogens (primary N) is 1. The fraction of sp³-hybridized carbons (Fsp3) is 0.333. The molecule has 4 heteroatoms. The lowest BCUT2D eigenvalue weighted by atomic mass is 11.0. The maximum absolute atomic E-state index is 9.78. The van der Waals surface area contributed by atoms with Crippen LogP contribution in [0, 0.1) is 0 Å². The minimum absolute atomic E-state index is 0.592. The normalized spacial score (nSPS) is 9.29. The standard InChI is InChI=1S/C3H7N3O/c1-5-2-6-3(4)7/h2H,1H3,(H3,4,5,6,7). The molecule has 0 unspecified atom stereocenters. The van der Waals surface area contributed by atoms with E-state index in [4.69, 9.17) is 0 Å². The summed E-state index contributed by atoms with van der Waals surface area (Å²) in [5, 5.41) is 2.14. The van der Waals surface area contributed by atoms with Crippen LogP contribution in [0.25, 0.3) is 0 Å². The number of carbonyl (C=O) groups excluding carboxylic acids is 1. The third-order valence-electron chi connectivity index (χ3n) is 0.336. The van der Waals surface area contributed by atoms with E-state index in [1.807, 2.05) is 0 Å². The maximum Gasteiger partial charge on any atom is 0.317 e. The molecule has 3 N–H and O–H groups in total. The molecule has 4 nitrogen and oxygen atoms in total. The van der Waals surface area contributed by atoms with Gasteiger partial charge in [-0.2, -0.15) is 0 Å². The summed E-state index contributed by atoms with van der Waals surface area (Å²) in [5.74, 6) is 0. The third-order valence-corrected chi connectivity index (χ3v) is 0.336. The highest BCUT2D eigenvalue weighted by atomic mass is 16.2. The lowest BCUT2D eigenvalue weighted by Gasteiger charge is -1.84. The van der Waals surface area contributed by atoms with E-state index in [1.54, 1.807) is 0 Å². The van der Waals surface area contributed by atoms with Crippen molar-refractivity contribution in [1.82, 2.24) is 5.32 Å². The second-order valence-corrected chi connectivity index (χ2v) is 0.896. The van der Waals surface area contributed by atoms with E-state index in [-0.39, 0.29) is 0 Å². The van der Waals surface area contributed by atoms with E-state index < -0.39 is 6.03 Å². The van der Waals surface area contributed by atoms with Crippen molar-refractivity contribution in [1.29, 1.82) is 0 Å². The van der Waals surface area contributed by atoms with Gasteiger partial charge in [-0.15, -0.1) is 0 Å². The summed E-state index contributed by atoms with van der Waals surface area (Å²) in [7, 11) is 1.54. The molecule has 0 aromatic heterocycles. The summed E-state index contributed by atoms with van der Waals surface area (Å²) in [4.78, 5) is 13.2. The summed E-state index contributed by atoms with van der Waals surface area (Å²) < 4.78 is 0. The van der Waals surface area contributed by atoms with E-state index in [1.165, 1.54) is 13.4 Å². The van der Waals surface area contributed by atoms with Crippen LogP contribution in [0.1, 0.15) is 0 Å². The molecule has 0 aliphatic rings. The molecular weight excluding hydrogens is 94.1 g/mol. The third kappa shape index (κ3) is 4.94. The van der Waals surface area contributed by atoms with E-state index in [9.17, 15) is 4.79 Å². The summed E-state index contributed by atoms with van der Waals surface area (Å²) in [6.07, 6.45) is 1.22. The Morgan fingerprint density at radius 2 is 2.57 bits per heavy atom. The first-order valence-corrected chi connectivity index (χ1v) is 1.74. The SMILES string of the molecule is CN=CNC(N)=O. The Hall–Kier alpha value is -1.06. The molecule has 0 heterocycles. The van der Waals surface area contributed by atoms with E-state index >= 15 is 0 Å².